The molecule has 0 atom stereocenters. The van der Waals surface area contributed by atoms with E-state index in [-0.39, 0.29) is 0 Å². The fourth-order valence-corrected chi connectivity index (χ4v) is 2.42. The van der Waals surface area contributed by atoms with Crippen LogP contribution in [0.3, 0.4) is 0 Å². The second kappa shape index (κ2) is 10.0. The predicted molar refractivity (Wildman–Crippen MR) is 78.4 cm³/mol. The average Bonchev–Trinajstić information content (AvgIpc) is 2.43. The van der Waals surface area contributed by atoms with Gasteiger partial charge >= 0.3 is 0 Å². The molecule has 1 rings (SSSR count). The lowest BCUT2D eigenvalue weighted by Gasteiger charge is -2.26. The van der Waals surface area contributed by atoms with Gasteiger partial charge in [-0.05, 0) is 19.3 Å². The lowest BCUT2D eigenvalue weighted by Crippen LogP contribution is -2.41. The number of nitrogens with two attached hydrogens (primary N) is 1. The molecule has 0 spiro atoms. The molecule has 0 bridgehead atoms. The van der Waals surface area contributed by atoms with Gasteiger partial charge in [-0.2, -0.15) is 0 Å². The van der Waals surface area contributed by atoms with Crippen LogP contribution >= 0.6 is 0 Å². The van der Waals surface area contributed by atoms with E-state index in [1.54, 1.807) is 14.2 Å². The molecule has 5 nitrogen and oxygen atoms in total. The standard InChI is InChI=1S/C14H29N3O2/c1-18-11-6-9-17(10-12-19-2)14(15)16-13-7-4-3-5-8-13/h13H,3-12H2,1-2H3,(H2,15,16). The van der Waals surface area contributed by atoms with Crippen molar-refractivity contribution in [2.45, 2.75) is 44.6 Å². The van der Waals surface area contributed by atoms with Gasteiger partial charge < -0.3 is 20.1 Å². The average molecular weight is 271 g/mol. The third-order valence-electron chi connectivity index (χ3n) is 3.56. The molecule has 0 heterocycles. The number of methoxy groups -OCH3 is 2. The molecular weight excluding hydrogens is 242 g/mol. The van der Waals surface area contributed by atoms with Crippen LogP contribution in [0.5, 0.6) is 0 Å². The highest BCUT2D eigenvalue weighted by Gasteiger charge is 2.14. The number of hydrogen-bond donors (Lipinski definition) is 1. The number of hydrogen-bond acceptors (Lipinski definition) is 3. The third-order valence-corrected chi connectivity index (χ3v) is 3.56. The van der Waals surface area contributed by atoms with E-state index in [1.165, 1.54) is 32.1 Å². The van der Waals surface area contributed by atoms with Crippen LogP contribution in [0.4, 0.5) is 0 Å². The molecule has 1 aliphatic carbocycles. The number of nitrogens with zero attached hydrogens (tertiary/aromatic N) is 2. The molecule has 112 valence electrons. The molecule has 0 unspecified atom stereocenters. The van der Waals surface area contributed by atoms with Crippen LogP contribution in [0, 0.1) is 0 Å². The molecule has 0 aromatic rings. The monoisotopic (exact) mass is 271 g/mol. The summed E-state index contributed by atoms with van der Waals surface area (Å²) in [5.74, 6) is 0.667. The molecule has 1 saturated carbocycles. The van der Waals surface area contributed by atoms with E-state index in [0.717, 1.165) is 26.1 Å². The van der Waals surface area contributed by atoms with Crippen LogP contribution in [0.2, 0.25) is 0 Å². The van der Waals surface area contributed by atoms with Crippen molar-refractivity contribution >= 4 is 5.96 Å². The first-order valence-corrected chi connectivity index (χ1v) is 7.34. The van der Waals surface area contributed by atoms with Crippen LogP contribution in [-0.4, -0.2) is 57.4 Å². The number of rotatable bonds is 8. The lowest BCUT2D eigenvalue weighted by atomic mass is 9.96. The second-order valence-corrected chi connectivity index (χ2v) is 5.11. The van der Waals surface area contributed by atoms with Gasteiger partial charge in [0.1, 0.15) is 0 Å². The Morgan fingerprint density at radius 2 is 1.79 bits per heavy atom. The van der Waals surface area contributed by atoms with E-state index in [4.69, 9.17) is 20.2 Å². The Morgan fingerprint density at radius 3 is 2.42 bits per heavy atom. The minimum atomic E-state index is 0.418. The summed E-state index contributed by atoms with van der Waals surface area (Å²) in [4.78, 5) is 6.80. The van der Waals surface area contributed by atoms with Crippen molar-refractivity contribution in [3.05, 3.63) is 0 Å². The first-order valence-electron chi connectivity index (χ1n) is 7.34. The summed E-state index contributed by atoms with van der Waals surface area (Å²) in [7, 11) is 3.43. The molecule has 2 N–H and O–H groups in total. The van der Waals surface area contributed by atoms with Crippen molar-refractivity contribution in [3.63, 3.8) is 0 Å². The zero-order valence-electron chi connectivity index (χ0n) is 12.4. The summed E-state index contributed by atoms with van der Waals surface area (Å²) in [6.45, 7) is 3.09. The van der Waals surface area contributed by atoms with Gasteiger partial charge in [0.25, 0.3) is 0 Å². The summed E-state index contributed by atoms with van der Waals surface area (Å²) in [6.07, 6.45) is 7.22. The SMILES string of the molecule is COCCCN(CCOC)C(N)=NC1CCCCC1. The quantitative estimate of drug-likeness (QED) is 0.414. The molecular formula is C14H29N3O2. The molecule has 5 heteroatoms. The van der Waals surface area contributed by atoms with E-state index in [2.05, 4.69) is 4.90 Å². The zero-order valence-corrected chi connectivity index (χ0v) is 12.4. The van der Waals surface area contributed by atoms with Crippen molar-refractivity contribution in [1.82, 2.24) is 4.90 Å². The second-order valence-electron chi connectivity index (χ2n) is 5.11. The molecule has 1 aliphatic rings. The summed E-state index contributed by atoms with van der Waals surface area (Å²) in [5, 5.41) is 0. The zero-order chi connectivity index (χ0) is 13.9. The van der Waals surface area contributed by atoms with Gasteiger partial charge in [0.2, 0.25) is 0 Å². The van der Waals surface area contributed by atoms with E-state index in [0.29, 0.717) is 18.6 Å². The molecule has 0 saturated heterocycles. The van der Waals surface area contributed by atoms with Crippen LogP contribution < -0.4 is 5.73 Å². The van der Waals surface area contributed by atoms with Gasteiger partial charge in [-0.1, -0.05) is 19.3 Å². The minimum Gasteiger partial charge on any atom is -0.385 e. The first kappa shape index (κ1) is 16.2. The third kappa shape index (κ3) is 6.78. The van der Waals surface area contributed by atoms with Crippen molar-refractivity contribution in [1.29, 1.82) is 0 Å². The van der Waals surface area contributed by atoms with E-state index in [1.807, 2.05) is 0 Å². The predicted octanol–water partition coefficient (Wildman–Crippen LogP) is 1.62. The van der Waals surface area contributed by atoms with Gasteiger partial charge in [0.15, 0.2) is 5.96 Å². The molecule has 19 heavy (non-hydrogen) atoms. The highest BCUT2D eigenvalue weighted by atomic mass is 16.5. The largest absolute Gasteiger partial charge is 0.385 e. The number of ether oxygens (including phenoxy) is 2. The van der Waals surface area contributed by atoms with Crippen molar-refractivity contribution < 1.29 is 9.47 Å². The van der Waals surface area contributed by atoms with Crippen LogP contribution in [-0.2, 0) is 9.47 Å². The molecule has 1 fully saturated rings. The van der Waals surface area contributed by atoms with Gasteiger partial charge in [0.05, 0.1) is 12.6 Å². The van der Waals surface area contributed by atoms with Crippen LogP contribution in [0.15, 0.2) is 4.99 Å². The summed E-state index contributed by atoms with van der Waals surface area (Å²) >= 11 is 0. The highest BCUT2D eigenvalue weighted by Crippen LogP contribution is 2.20. The summed E-state index contributed by atoms with van der Waals surface area (Å²) < 4.78 is 10.2. The number of guanidine groups is 1. The topological polar surface area (TPSA) is 60.1 Å². The lowest BCUT2D eigenvalue weighted by molar-refractivity contribution is 0.160. The molecule has 0 amide bonds. The van der Waals surface area contributed by atoms with E-state index >= 15 is 0 Å². The fourth-order valence-electron chi connectivity index (χ4n) is 2.42. The highest BCUT2D eigenvalue weighted by molar-refractivity contribution is 5.78. The summed E-state index contributed by atoms with van der Waals surface area (Å²) in [5.41, 5.74) is 6.15. The van der Waals surface area contributed by atoms with Crippen LogP contribution in [0.25, 0.3) is 0 Å². The first-order chi connectivity index (χ1) is 9.27. The Labute approximate surface area is 117 Å². The van der Waals surface area contributed by atoms with E-state index in [9.17, 15) is 0 Å². The van der Waals surface area contributed by atoms with Gasteiger partial charge in [0, 0.05) is 33.9 Å². The van der Waals surface area contributed by atoms with Gasteiger partial charge in [-0.15, -0.1) is 0 Å². The molecule has 0 aromatic heterocycles. The normalized spacial score (nSPS) is 17.7. The molecule has 0 radical (unpaired) electrons. The Balaban J connectivity index is 2.47. The van der Waals surface area contributed by atoms with Gasteiger partial charge in [-0.3, -0.25) is 0 Å². The van der Waals surface area contributed by atoms with Crippen molar-refractivity contribution in [2.24, 2.45) is 10.7 Å². The summed E-state index contributed by atoms with van der Waals surface area (Å²) in [6, 6.07) is 0.418. The maximum absolute atomic E-state index is 6.15. The Bertz CT molecular complexity index is 253. The number of aliphatic imine (C=N–C) groups is 1. The Hall–Kier alpha value is -0.810. The fraction of sp³-hybridized carbons (Fsp3) is 0.929. The smallest absolute Gasteiger partial charge is 0.191 e. The minimum absolute atomic E-state index is 0.418. The Kier molecular flexibility index (Phi) is 8.58. The molecule has 0 aromatic carbocycles. The maximum atomic E-state index is 6.15. The van der Waals surface area contributed by atoms with Crippen molar-refractivity contribution in [3.8, 4) is 0 Å². The van der Waals surface area contributed by atoms with E-state index < -0.39 is 0 Å². The van der Waals surface area contributed by atoms with Crippen LogP contribution in [0.1, 0.15) is 38.5 Å². The Morgan fingerprint density at radius 1 is 1.11 bits per heavy atom. The van der Waals surface area contributed by atoms with Crippen molar-refractivity contribution in [2.75, 3.05) is 40.5 Å². The van der Waals surface area contributed by atoms with Gasteiger partial charge in [-0.25, -0.2) is 4.99 Å². The molecule has 0 aliphatic heterocycles. The maximum Gasteiger partial charge on any atom is 0.191 e.